The van der Waals surface area contributed by atoms with Crippen molar-refractivity contribution in [1.82, 2.24) is 14.9 Å². The Kier molecular flexibility index (Phi) is 4.84. The third-order valence-electron chi connectivity index (χ3n) is 2.67. The Morgan fingerprint density at radius 2 is 2.06 bits per heavy atom. The highest BCUT2D eigenvalue weighted by Crippen LogP contribution is 2.25. The molecular formula is C14H19N3S. The molecule has 0 aliphatic rings. The summed E-state index contributed by atoms with van der Waals surface area (Å²) in [5.41, 5.74) is 1.33. The minimum Gasteiger partial charge on any atom is -0.329 e. The van der Waals surface area contributed by atoms with E-state index in [2.05, 4.69) is 41.5 Å². The molecule has 0 saturated heterocycles. The Morgan fingerprint density at radius 1 is 1.28 bits per heavy atom. The third-order valence-corrected chi connectivity index (χ3v) is 3.75. The van der Waals surface area contributed by atoms with Gasteiger partial charge >= 0.3 is 0 Å². The molecule has 96 valence electrons. The van der Waals surface area contributed by atoms with E-state index in [0.29, 0.717) is 0 Å². The number of aryl methyl sites for hydroxylation is 1. The average molecular weight is 261 g/mol. The van der Waals surface area contributed by atoms with E-state index in [-0.39, 0.29) is 0 Å². The number of benzene rings is 1. The van der Waals surface area contributed by atoms with Crippen LogP contribution < -0.4 is 5.32 Å². The van der Waals surface area contributed by atoms with Crippen molar-refractivity contribution in [2.75, 3.05) is 6.54 Å². The van der Waals surface area contributed by atoms with Gasteiger partial charge in [0.15, 0.2) is 5.16 Å². The molecule has 0 spiro atoms. The fourth-order valence-electron chi connectivity index (χ4n) is 1.64. The lowest BCUT2D eigenvalue weighted by Gasteiger charge is -2.05. The standard InChI is InChI=1S/C14H19N3S/c1-3-8-15-11-12-4-6-13(7-5-12)18-14-16-9-10-17(14)2/h4-7,9-10,15H,3,8,11H2,1-2H3. The molecule has 0 atom stereocenters. The molecule has 4 heteroatoms. The van der Waals surface area contributed by atoms with Gasteiger partial charge in [-0.1, -0.05) is 30.8 Å². The molecular weight excluding hydrogens is 242 g/mol. The van der Waals surface area contributed by atoms with Crippen molar-refractivity contribution in [2.45, 2.75) is 29.9 Å². The van der Waals surface area contributed by atoms with Crippen molar-refractivity contribution in [2.24, 2.45) is 7.05 Å². The van der Waals surface area contributed by atoms with Crippen molar-refractivity contribution >= 4 is 11.8 Å². The Labute approximate surface area is 113 Å². The van der Waals surface area contributed by atoms with Crippen molar-refractivity contribution in [3.63, 3.8) is 0 Å². The Morgan fingerprint density at radius 3 is 2.67 bits per heavy atom. The maximum atomic E-state index is 4.31. The van der Waals surface area contributed by atoms with E-state index < -0.39 is 0 Å². The maximum Gasteiger partial charge on any atom is 0.172 e. The van der Waals surface area contributed by atoms with Crippen LogP contribution in [0, 0.1) is 0 Å². The van der Waals surface area contributed by atoms with E-state index in [0.717, 1.165) is 18.2 Å². The van der Waals surface area contributed by atoms with Crippen LogP contribution in [-0.2, 0) is 13.6 Å². The summed E-state index contributed by atoms with van der Waals surface area (Å²) in [5.74, 6) is 0. The van der Waals surface area contributed by atoms with E-state index in [1.807, 2.05) is 24.0 Å². The van der Waals surface area contributed by atoms with Crippen LogP contribution in [0.4, 0.5) is 0 Å². The summed E-state index contributed by atoms with van der Waals surface area (Å²) >= 11 is 1.69. The molecule has 0 amide bonds. The number of rotatable bonds is 6. The van der Waals surface area contributed by atoms with E-state index in [9.17, 15) is 0 Å². The monoisotopic (exact) mass is 261 g/mol. The summed E-state index contributed by atoms with van der Waals surface area (Å²) in [6, 6.07) is 8.66. The number of hydrogen-bond donors (Lipinski definition) is 1. The summed E-state index contributed by atoms with van der Waals surface area (Å²) in [5, 5.41) is 4.42. The van der Waals surface area contributed by atoms with Gasteiger partial charge in [-0.3, -0.25) is 0 Å². The van der Waals surface area contributed by atoms with Crippen LogP contribution in [0.5, 0.6) is 0 Å². The molecule has 1 N–H and O–H groups in total. The maximum absolute atomic E-state index is 4.31. The Hall–Kier alpha value is -1.26. The third kappa shape index (κ3) is 3.62. The Balaban J connectivity index is 1.93. The second-order valence-corrected chi connectivity index (χ2v) is 5.28. The SMILES string of the molecule is CCCNCc1ccc(Sc2nccn2C)cc1. The first-order valence-electron chi connectivity index (χ1n) is 6.24. The molecule has 18 heavy (non-hydrogen) atoms. The predicted octanol–water partition coefficient (Wildman–Crippen LogP) is 3.07. The largest absolute Gasteiger partial charge is 0.329 e. The fourth-order valence-corrected chi connectivity index (χ4v) is 2.44. The highest BCUT2D eigenvalue weighted by Gasteiger charge is 2.02. The zero-order chi connectivity index (χ0) is 12.8. The van der Waals surface area contributed by atoms with Gasteiger partial charge in [0.1, 0.15) is 0 Å². The minimum atomic E-state index is 0.946. The smallest absolute Gasteiger partial charge is 0.172 e. The van der Waals surface area contributed by atoms with Gasteiger partial charge in [0.25, 0.3) is 0 Å². The van der Waals surface area contributed by atoms with Gasteiger partial charge in [0.05, 0.1) is 0 Å². The summed E-state index contributed by atoms with van der Waals surface area (Å²) < 4.78 is 2.03. The second-order valence-electron chi connectivity index (χ2n) is 4.24. The number of aromatic nitrogens is 2. The normalized spacial score (nSPS) is 10.8. The van der Waals surface area contributed by atoms with Crippen LogP contribution in [0.2, 0.25) is 0 Å². The van der Waals surface area contributed by atoms with Gasteiger partial charge in [-0.05, 0) is 30.7 Å². The summed E-state index contributed by atoms with van der Waals surface area (Å²) in [6.45, 7) is 4.20. The molecule has 0 saturated carbocycles. The predicted molar refractivity (Wildman–Crippen MR) is 75.8 cm³/mol. The number of imidazole rings is 1. The number of nitrogens with zero attached hydrogens (tertiary/aromatic N) is 2. The summed E-state index contributed by atoms with van der Waals surface area (Å²) in [4.78, 5) is 5.53. The lowest BCUT2D eigenvalue weighted by atomic mass is 10.2. The lowest BCUT2D eigenvalue weighted by Crippen LogP contribution is -2.13. The molecule has 0 radical (unpaired) electrons. The van der Waals surface area contributed by atoms with Crippen LogP contribution in [0.1, 0.15) is 18.9 Å². The summed E-state index contributed by atoms with van der Waals surface area (Å²) in [6.07, 6.45) is 4.96. The van der Waals surface area contributed by atoms with E-state index in [1.54, 1.807) is 11.8 Å². The molecule has 0 unspecified atom stereocenters. The minimum absolute atomic E-state index is 0.946. The Bertz CT molecular complexity index is 476. The van der Waals surface area contributed by atoms with Gasteiger partial charge in [-0.25, -0.2) is 4.98 Å². The first kappa shape index (κ1) is 13.2. The summed E-state index contributed by atoms with van der Waals surface area (Å²) in [7, 11) is 2.01. The highest BCUT2D eigenvalue weighted by atomic mass is 32.2. The van der Waals surface area contributed by atoms with Crippen LogP contribution in [0.15, 0.2) is 46.7 Å². The lowest BCUT2D eigenvalue weighted by molar-refractivity contribution is 0.675. The number of hydrogen-bond acceptors (Lipinski definition) is 3. The van der Waals surface area contributed by atoms with Crippen LogP contribution in [-0.4, -0.2) is 16.1 Å². The highest BCUT2D eigenvalue weighted by molar-refractivity contribution is 7.99. The molecule has 2 rings (SSSR count). The van der Waals surface area contributed by atoms with Crippen LogP contribution >= 0.6 is 11.8 Å². The topological polar surface area (TPSA) is 29.9 Å². The molecule has 2 aromatic rings. The fraction of sp³-hybridized carbons (Fsp3) is 0.357. The zero-order valence-corrected chi connectivity index (χ0v) is 11.7. The molecule has 0 aliphatic heterocycles. The average Bonchev–Trinajstić information content (AvgIpc) is 2.78. The molecule has 3 nitrogen and oxygen atoms in total. The van der Waals surface area contributed by atoms with E-state index in [4.69, 9.17) is 0 Å². The molecule has 0 bridgehead atoms. The molecule has 0 aliphatic carbocycles. The molecule has 0 fully saturated rings. The van der Waals surface area contributed by atoms with Gasteiger partial charge in [-0.15, -0.1) is 0 Å². The quantitative estimate of drug-likeness (QED) is 0.810. The molecule has 1 heterocycles. The van der Waals surface area contributed by atoms with Gasteiger partial charge < -0.3 is 9.88 Å². The first-order chi connectivity index (χ1) is 8.79. The van der Waals surface area contributed by atoms with Crippen molar-refractivity contribution < 1.29 is 0 Å². The van der Waals surface area contributed by atoms with Gasteiger partial charge in [-0.2, -0.15) is 0 Å². The number of nitrogens with one attached hydrogen (secondary N) is 1. The molecule has 1 aromatic carbocycles. The van der Waals surface area contributed by atoms with E-state index >= 15 is 0 Å². The van der Waals surface area contributed by atoms with Crippen LogP contribution in [0.25, 0.3) is 0 Å². The zero-order valence-electron chi connectivity index (χ0n) is 10.9. The van der Waals surface area contributed by atoms with E-state index in [1.165, 1.54) is 16.9 Å². The molecule has 1 aromatic heterocycles. The van der Waals surface area contributed by atoms with Gasteiger partial charge in [0.2, 0.25) is 0 Å². The van der Waals surface area contributed by atoms with Gasteiger partial charge in [0, 0.05) is 30.9 Å². The van der Waals surface area contributed by atoms with Crippen molar-refractivity contribution in [3.8, 4) is 0 Å². The van der Waals surface area contributed by atoms with Crippen molar-refractivity contribution in [1.29, 1.82) is 0 Å². The van der Waals surface area contributed by atoms with Crippen LogP contribution in [0.3, 0.4) is 0 Å². The van der Waals surface area contributed by atoms with Crippen molar-refractivity contribution in [3.05, 3.63) is 42.2 Å². The first-order valence-corrected chi connectivity index (χ1v) is 7.06. The second kappa shape index (κ2) is 6.61.